The minimum absolute atomic E-state index is 0.107. The van der Waals surface area contributed by atoms with Gasteiger partial charge in [0.05, 0.1) is 0 Å². The highest BCUT2D eigenvalue weighted by atomic mass is 16.5. The van der Waals surface area contributed by atoms with Gasteiger partial charge in [0.15, 0.2) is 0 Å². The number of rotatable bonds is 2. The Morgan fingerprint density at radius 3 is 2.18 bits per heavy atom. The van der Waals surface area contributed by atoms with Crippen LogP contribution in [0.1, 0.15) is 25.0 Å². The van der Waals surface area contributed by atoms with Crippen molar-refractivity contribution in [3.8, 4) is 33.8 Å². The predicted molar refractivity (Wildman–Crippen MR) is 161 cm³/mol. The first kappa shape index (κ1) is 22.2. The quantitative estimate of drug-likeness (QED) is 0.235. The smallest absolute Gasteiger partial charge is 0.143 e. The summed E-state index contributed by atoms with van der Waals surface area (Å²) < 4.78 is 12.8. The van der Waals surface area contributed by atoms with E-state index in [1.54, 1.807) is 0 Å². The van der Waals surface area contributed by atoms with Crippen LogP contribution in [0.4, 0.5) is 0 Å². The molecule has 0 radical (unpaired) electrons. The Kier molecular flexibility index (Phi) is 4.60. The molecule has 0 aliphatic carbocycles. The molecule has 8 rings (SSSR count). The third-order valence-corrected chi connectivity index (χ3v) is 8.35. The van der Waals surface area contributed by atoms with Gasteiger partial charge < -0.3 is 9.15 Å². The van der Waals surface area contributed by atoms with Gasteiger partial charge >= 0.3 is 0 Å². The molecule has 7 aromatic rings. The first-order valence-electron chi connectivity index (χ1n) is 13.4. The third-order valence-electron chi connectivity index (χ3n) is 8.35. The van der Waals surface area contributed by atoms with Crippen LogP contribution >= 0.6 is 0 Å². The number of hydrogen-bond donors (Lipinski definition) is 0. The summed E-state index contributed by atoms with van der Waals surface area (Å²) in [7, 11) is 0. The molecule has 0 amide bonds. The molecule has 2 heterocycles. The first-order chi connectivity index (χ1) is 19.1. The normalized spacial score (nSPS) is 13.8. The van der Waals surface area contributed by atoms with E-state index in [0.29, 0.717) is 0 Å². The van der Waals surface area contributed by atoms with E-state index in [-0.39, 0.29) is 5.41 Å². The van der Waals surface area contributed by atoms with Crippen LogP contribution in [0.2, 0.25) is 0 Å². The summed E-state index contributed by atoms with van der Waals surface area (Å²) in [6, 6.07) is 42.9. The zero-order chi connectivity index (χ0) is 26.1. The Labute approximate surface area is 227 Å². The van der Waals surface area contributed by atoms with Gasteiger partial charge in [0, 0.05) is 32.7 Å². The van der Waals surface area contributed by atoms with Crippen molar-refractivity contribution in [2.75, 3.05) is 0 Å². The molecule has 1 aliphatic rings. The molecule has 0 saturated carbocycles. The van der Waals surface area contributed by atoms with E-state index in [9.17, 15) is 0 Å². The number of fused-ring (bicyclic) bond motifs is 7. The van der Waals surface area contributed by atoms with Crippen molar-refractivity contribution in [1.82, 2.24) is 0 Å². The largest absolute Gasteiger partial charge is 0.457 e. The molecule has 0 spiro atoms. The zero-order valence-corrected chi connectivity index (χ0v) is 21.9. The average molecular weight is 503 g/mol. The average Bonchev–Trinajstić information content (AvgIpc) is 3.37. The lowest BCUT2D eigenvalue weighted by atomic mass is 9.75. The monoisotopic (exact) mass is 502 g/mol. The van der Waals surface area contributed by atoms with Crippen LogP contribution in [0.5, 0.6) is 11.5 Å². The van der Waals surface area contributed by atoms with Gasteiger partial charge in [-0.2, -0.15) is 0 Å². The number of hydrogen-bond acceptors (Lipinski definition) is 2. The number of para-hydroxylation sites is 1. The summed E-state index contributed by atoms with van der Waals surface area (Å²) >= 11 is 0. The van der Waals surface area contributed by atoms with E-state index >= 15 is 0 Å². The van der Waals surface area contributed by atoms with Crippen LogP contribution in [0.15, 0.2) is 126 Å². The topological polar surface area (TPSA) is 22.4 Å². The standard InChI is InChI=1S/C37H26O2/c1-37(2)30-11-5-6-12-32(30)38-34-22-26(19-21-31(34)37)23-14-16-25(17-15-23)27-10-7-13-33-35(27)29-20-18-24-8-3-4-9-28(24)36(29)39-33/h3-22H,1-2H3. The fourth-order valence-corrected chi connectivity index (χ4v) is 6.27. The third kappa shape index (κ3) is 3.28. The lowest BCUT2D eigenvalue weighted by molar-refractivity contribution is 0.418. The molecule has 0 unspecified atom stereocenters. The Morgan fingerprint density at radius 2 is 1.28 bits per heavy atom. The van der Waals surface area contributed by atoms with Gasteiger partial charge in [-0.1, -0.05) is 111 Å². The number of furan rings is 1. The van der Waals surface area contributed by atoms with Crippen LogP contribution in [0, 0.1) is 0 Å². The highest BCUT2D eigenvalue weighted by Gasteiger charge is 2.34. The molecular weight excluding hydrogens is 476 g/mol. The fraction of sp³-hybridized carbons (Fsp3) is 0.0811. The second-order valence-electron chi connectivity index (χ2n) is 11.0. The molecule has 0 atom stereocenters. The van der Waals surface area contributed by atoms with Crippen molar-refractivity contribution in [1.29, 1.82) is 0 Å². The van der Waals surface area contributed by atoms with E-state index in [1.165, 1.54) is 27.6 Å². The maximum atomic E-state index is 6.40. The van der Waals surface area contributed by atoms with E-state index in [1.807, 2.05) is 6.07 Å². The predicted octanol–water partition coefficient (Wildman–Crippen LogP) is 10.5. The van der Waals surface area contributed by atoms with Gasteiger partial charge in [-0.15, -0.1) is 0 Å². The Balaban J connectivity index is 1.20. The molecule has 1 aliphatic heterocycles. The Morgan fingerprint density at radius 1 is 0.538 bits per heavy atom. The van der Waals surface area contributed by atoms with Crippen molar-refractivity contribution in [2.24, 2.45) is 0 Å². The van der Waals surface area contributed by atoms with Crippen LogP contribution in [0.25, 0.3) is 55.0 Å². The molecule has 6 aromatic carbocycles. The van der Waals surface area contributed by atoms with Gasteiger partial charge in [-0.25, -0.2) is 0 Å². The molecule has 2 nitrogen and oxygen atoms in total. The summed E-state index contributed by atoms with van der Waals surface area (Å²) in [4.78, 5) is 0. The molecule has 0 fully saturated rings. The highest BCUT2D eigenvalue weighted by molar-refractivity contribution is 6.19. The fourth-order valence-electron chi connectivity index (χ4n) is 6.27. The second-order valence-corrected chi connectivity index (χ2v) is 11.0. The highest BCUT2D eigenvalue weighted by Crippen LogP contribution is 2.48. The van der Waals surface area contributed by atoms with Crippen LogP contribution < -0.4 is 4.74 Å². The van der Waals surface area contributed by atoms with Crippen molar-refractivity contribution in [3.63, 3.8) is 0 Å². The minimum Gasteiger partial charge on any atom is -0.457 e. The van der Waals surface area contributed by atoms with E-state index in [0.717, 1.165) is 50.0 Å². The van der Waals surface area contributed by atoms with Crippen molar-refractivity contribution < 1.29 is 9.15 Å². The van der Waals surface area contributed by atoms with Crippen molar-refractivity contribution in [3.05, 3.63) is 132 Å². The number of benzene rings is 6. The summed E-state index contributed by atoms with van der Waals surface area (Å²) in [5, 5.41) is 4.65. The molecule has 186 valence electrons. The van der Waals surface area contributed by atoms with E-state index < -0.39 is 0 Å². The lowest BCUT2D eigenvalue weighted by Gasteiger charge is -2.34. The Hall–Kier alpha value is -4.82. The maximum absolute atomic E-state index is 6.40. The van der Waals surface area contributed by atoms with Crippen LogP contribution in [0.3, 0.4) is 0 Å². The minimum atomic E-state index is -0.107. The summed E-state index contributed by atoms with van der Waals surface area (Å²) in [5.41, 5.74) is 8.86. The van der Waals surface area contributed by atoms with E-state index in [4.69, 9.17) is 9.15 Å². The van der Waals surface area contributed by atoms with Gasteiger partial charge in [0.25, 0.3) is 0 Å². The molecule has 0 N–H and O–H groups in total. The molecule has 2 heteroatoms. The van der Waals surface area contributed by atoms with E-state index in [2.05, 4.69) is 129 Å². The van der Waals surface area contributed by atoms with Crippen molar-refractivity contribution in [2.45, 2.75) is 19.3 Å². The molecule has 1 aromatic heterocycles. The lowest BCUT2D eigenvalue weighted by Crippen LogP contribution is -2.24. The SMILES string of the molecule is CC1(C)c2ccccc2Oc2cc(-c3ccc(-c4cccc5oc6c7ccccc7ccc6c45)cc3)ccc21. The first-order valence-corrected chi connectivity index (χ1v) is 13.4. The summed E-state index contributed by atoms with van der Waals surface area (Å²) in [6.07, 6.45) is 0. The van der Waals surface area contributed by atoms with Gasteiger partial charge in [0.2, 0.25) is 0 Å². The molecule has 0 saturated heterocycles. The van der Waals surface area contributed by atoms with Crippen LogP contribution in [-0.4, -0.2) is 0 Å². The second kappa shape index (κ2) is 8.09. The summed E-state index contributed by atoms with van der Waals surface area (Å²) in [6.45, 7) is 4.54. The van der Waals surface area contributed by atoms with Gasteiger partial charge in [-0.05, 0) is 51.9 Å². The summed E-state index contributed by atoms with van der Waals surface area (Å²) in [5.74, 6) is 1.87. The molecular formula is C37H26O2. The van der Waals surface area contributed by atoms with Gasteiger partial charge in [-0.3, -0.25) is 0 Å². The molecule has 0 bridgehead atoms. The maximum Gasteiger partial charge on any atom is 0.143 e. The van der Waals surface area contributed by atoms with Crippen LogP contribution in [-0.2, 0) is 5.41 Å². The van der Waals surface area contributed by atoms with Gasteiger partial charge in [0.1, 0.15) is 22.7 Å². The zero-order valence-electron chi connectivity index (χ0n) is 21.9. The van der Waals surface area contributed by atoms with Crippen molar-refractivity contribution >= 4 is 32.7 Å². The Bertz CT molecular complexity index is 2060. The molecule has 39 heavy (non-hydrogen) atoms. The number of ether oxygens (including phenoxy) is 1.